The van der Waals surface area contributed by atoms with Crippen molar-refractivity contribution in [1.29, 1.82) is 0 Å². The second kappa shape index (κ2) is 7.61. The van der Waals surface area contributed by atoms with Gasteiger partial charge in [-0.3, -0.25) is 4.90 Å². The smallest absolute Gasteiger partial charge is 0.242 e. The number of likely N-dealkylation sites (N-methyl/N-ethyl adjacent to an activating group) is 1. The van der Waals surface area contributed by atoms with E-state index < -0.39 is 10.0 Å². The SMILES string of the molecule is CCN1CCCC1CNS(=O)(=O)c1ccccc1Cl.Cl. The van der Waals surface area contributed by atoms with Gasteiger partial charge in [0.05, 0.1) is 5.02 Å². The maximum atomic E-state index is 12.2. The minimum Gasteiger partial charge on any atom is -0.299 e. The van der Waals surface area contributed by atoms with Crippen LogP contribution in [0.4, 0.5) is 0 Å². The lowest BCUT2D eigenvalue weighted by atomic mass is 10.2. The Bertz CT molecular complexity index is 537. The van der Waals surface area contributed by atoms with E-state index in [-0.39, 0.29) is 22.3 Å². The highest BCUT2D eigenvalue weighted by Crippen LogP contribution is 2.21. The summed E-state index contributed by atoms with van der Waals surface area (Å²) in [5.74, 6) is 0. The van der Waals surface area contributed by atoms with E-state index in [1.54, 1.807) is 18.2 Å². The van der Waals surface area contributed by atoms with E-state index in [0.29, 0.717) is 12.6 Å². The molecule has 1 N–H and O–H groups in total. The molecule has 0 saturated carbocycles. The second-order valence-corrected chi connectivity index (χ2v) is 6.85. The maximum absolute atomic E-state index is 12.2. The minimum absolute atomic E-state index is 0. The Balaban J connectivity index is 0.00000200. The molecule has 114 valence electrons. The molecule has 1 aromatic rings. The number of nitrogens with one attached hydrogen (secondary N) is 1. The molecule has 0 radical (unpaired) electrons. The van der Waals surface area contributed by atoms with Crippen LogP contribution in [0, 0.1) is 0 Å². The van der Waals surface area contributed by atoms with Crippen LogP contribution in [0.3, 0.4) is 0 Å². The predicted molar refractivity (Wildman–Crippen MR) is 84.2 cm³/mol. The maximum Gasteiger partial charge on any atom is 0.242 e. The Hall–Kier alpha value is -0.330. The Morgan fingerprint density at radius 3 is 2.75 bits per heavy atom. The molecule has 0 aromatic heterocycles. The molecule has 1 heterocycles. The molecular formula is C13H20Cl2N2O2S. The zero-order valence-corrected chi connectivity index (χ0v) is 13.8. The van der Waals surface area contributed by atoms with Crippen LogP contribution in [0.5, 0.6) is 0 Å². The second-order valence-electron chi connectivity index (χ2n) is 4.71. The van der Waals surface area contributed by atoms with Crippen molar-refractivity contribution in [2.45, 2.75) is 30.7 Å². The predicted octanol–water partition coefficient (Wildman–Crippen LogP) is 2.52. The van der Waals surface area contributed by atoms with E-state index in [1.165, 1.54) is 6.07 Å². The first-order chi connectivity index (χ1) is 9.04. The molecule has 4 nitrogen and oxygen atoms in total. The third-order valence-electron chi connectivity index (χ3n) is 3.54. The summed E-state index contributed by atoms with van der Waals surface area (Å²) in [4.78, 5) is 2.45. The van der Waals surface area contributed by atoms with Crippen LogP contribution in [0.1, 0.15) is 19.8 Å². The largest absolute Gasteiger partial charge is 0.299 e. The summed E-state index contributed by atoms with van der Waals surface area (Å²) in [6.45, 7) is 4.55. The fourth-order valence-electron chi connectivity index (χ4n) is 2.49. The van der Waals surface area contributed by atoms with Gasteiger partial charge in [-0.15, -0.1) is 12.4 Å². The Labute approximate surface area is 132 Å². The molecule has 20 heavy (non-hydrogen) atoms. The van der Waals surface area contributed by atoms with Gasteiger partial charge in [-0.25, -0.2) is 13.1 Å². The van der Waals surface area contributed by atoms with Crippen LogP contribution in [-0.2, 0) is 10.0 Å². The summed E-state index contributed by atoms with van der Waals surface area (Å²) < 4.78 is 27.0. The fraction of sp³-hybridized carbons (Fsp3) is 0.538. The quantitative estimate of drug-likeness (QED) is 0.897. The third kappa shape index (κ3) is 4.09. The highest BCUT2D eigenvalue weighted by molar-refractivity contribution is 7.89. The van der Waals surface area contributed by atoms with Crippen LogP contribution >= 0.6 is 24.0 Å². The summed E-state index contributed by atoms with van der Waals surface area (Å²) in [6.07, 6.45) is 2.17. The molecule has 1 aliphatic rings. The lowest BCUT2D eigenvalue weighted by Gasteiger charge is -2.22. The Kier molecular flexibility index (Phi) is 6.75. The number of benzene rings is 1. The number of rotatable bonds is 5. The zero-order valence-electron chi connectivity index (χ0n) is 11.4. The summed E-state index contributed by atoms with van der Waals surface area (Å²) in [6, 6.07) is 6.80. The van der Waals surface area contributed by atoms with Crippen LogP contribution in [-0.4, -0.2) is 39.0 Å². The Morgan fingerprint density at radius 2 is 2.10 bits per heavy atom. The summed E-state index contributed by atoms with van der Waals surface area (Å²) in [5, 5.41) is 0.258. The molecule has 7 heteroatoms. The molecule has 0 amide bonds. The molecule has 1 unspecified atom stereocenters. The number of likely N-dealkylation sites (tertiary alicyclic amines) is 1. The van der Waals surface area contributed by atoms with E-state index in [1.807, 2.05) is 0 Å². The van der Waals surface area contributed by atoms with Crippen LogP contribution in [0.15, 0.2) is 29.2 Å². The average molecular weight is 339 g/mol. The molecule has 1 saturated heterocycles. The van der Waals surface area contributed by atoms with Gasteiger partial charge in [0.15, 0.2) is 0 Å². The molecule has 1 aliphatic heterocycles. The molecule has 0 spiro atoms. The molecule has 1 aromatic carbocycles. The number of hydrogen-bond acceptors (Lipinski definition) is 3. The summed E-state index contributed by atoms with van der Waals surface area (Å²) in [7, 11) is -3.52. The van der Waals surface area contributed by atoms with E-state index in [2.05, 4.69) is 16.5 Å². The third-order valence-corrected chi connectivity index (χ3v) is 5.46. The van der Waals surface area contributed by atoms with E-state index in [0.717, 1.165) is 25.9 Å². The van der Waals surface area contributed by atoms with Crippen molar-refractivity contribution in [1.82, 2.24) is 9.62 Å². The van der Waals surface area contributed by atoms with Crippen molar-refractivity contribution in [2.75, 3.05) is 19.6 Å². The molecule has 1 atom stereocenters. The van der Waals surface area contributed by atoms with Gasteiger partial charge in [-0.05, 0) is 38.1 Å². The van der Waals surface area contributed by atoms with Gasteiger partial charge in [0, 0.05) is 12.6 Å². The molecular weight excluding hydrogens is 319 g/mol. The number of hydrogen-bond donors (Lipinski definition) is 1. The summed E-state index contributed by atoms with van der Waals surface area (Å²) in [5.41, 5.74) is 0. The van der Waals surface area contributed by atoms with Crippen molar-refractivity contribution < 1.29 is 8.42 Å². The molecule has 0 aliphatic carbocycles. The number of nitrogens with zero attached hydrogens (tertiary/aromatic N) is 1. The van der Waals surface area contributed by atoms with E-state index in [4.69, 9.17) is 11.6 Å². The summed E-state index contributed by atoms with van der Waals surface area (Å²) >= 11 is 5.93. The molecule has 1 fully saturated rings. The van der Waals surface area contributed by atoms with Crippen molar-refractivity contribution in [2.24, 2.45) is 0 Å². The highest BCUT2D eigenvalue weighted by atomic mass is 35.5. The van der Waals surface area contributed by atoms with E-state index >= 15 is 0 Å². The molecule has 2 rings (SSSR count). The number of halogens is 2. The lowest BCUT2D eigenvalue weighted by Crippen LogP contribution is -2.40. The van der Waals surface area contributed by atoms with Gasteiger partial charge in [-0.2, -0.15) is 0 Å². The van der Waals surface area contributed by atoms with Crippen molar-refractivity contribution in [3.05, 3.63) is 29.3 Å². The van der Waals surface area contributed by atoms with Crippen LogP contribution in [0.25, 0.3) is 0 Å². The monoisotopic (exact) mass is 338 g/mol. The average Bonchev–Trinajstić information content (AvgIpc) is 2.84. The van der Waals surface area contributed by atoms with Crippen molar-refractivity contribution in [3.8, 4) is 0 Å². The van der Waals surface area contributed by atoms with Gasteiger partial charge in [0.2, 0.25) is 10.0 Å². The first kappa shape index (κ1) is 17.7. The lowest BCUT2D eigenvalue weighted by molar-refractivity contribution is 0.268. The van der Waals surface area contributed by atoms with Gasteiger partial charge >= 0.3 is 0 Å². The van der Waals surface area contributed by atoms with E-state index in [9.17, 15) is 8.42 Å². The Morgan fingerprint density at radius 1 is 1.40 bits per heavy atom. The topological polar surface area (TPSA) is 49.4 Å². The van der Waals surface area contributed by atoms with Gasteiger partial charge < -0.3 is 0 Å². The first-order valence-electron chi connectivity index (χ1n) is 6.53. The van der Waals surface area contributed by atoms with Crippen LogP contribution < -0.4 is 4.72 Å². The van der Waals surface area contributed by atoms with Crippen molar-refractivity contribution >= 4 is 34.0 Å². The minimum atomic E-state index is -3.52. The number of sulfonamides is 1. The van der Waals surface area contributed by atoms with Crippen LogP contribution in [0.2, 0.25) is 5.02 Å². The van der Waals surface area contributed by atoms with Gasteiger partial charge in [0.25, 0.3) is 0 Å². The standard InChI is InChI=1S/C13H19ClN2O2S.ClH/c1-2-16-9-5-6-11(16)10-15-19(17,18)13-8-4-3-7-12(13)14;/h3-4,7-8,11,15H,2,5-6,9-10H2,1H3;1H. The molecule has 0 bridgehead atoms. The van der Waals surface area contributed by atoms with Gasteiger partial charge in [0.1, 0.15) is 4.90 Å². The normalized spacial score (nSPS) is 19.8. The fourth-order valence-corrected chi connectivity index (χ4v) is 4.08. The van der Waals surface area contributed by atoms with Crippen molar-refractivity contribution in [3.63, 3.8) is 0 Å². The zero-order chi connectivity index (χ0) is 13.9. The first-order valence-corrected chi connectivity index (χ1v) is 8.39. The van der Waals surface area contributed by atoms with Gasteiger partial charge in [-0.1, -0.05) is 30.7 Å². The highest BCUT2D eigenvalue weighted by Gasteiger charge is 2.25.